The number of nitrogens with zero attached hydrogens (tertiary/aromatic N) is 1. The van der Waals surface area contributed by atoms with Crippen molar-refractivity contribution in [3.05, 3.63) is 101 Å². The SMILES string of the molecule is C=C(N)C/C(=C\c1ccc(C(=C)Nc2ccccc2CC)cc1C)C(=C)N(CCC)CC1CC1. The standard InChI is InChI=1S/C31H41N3/c1-7-17-34(21-26-13-14-26)25(6)30(19-23(4)32)20-28-15-16-29(18-22(28)3)24(5)33-31-12-10-9-11-27(31)8-2/h9-12,15-16,18,20,26,33H,4-8,13-14,17,19,21,32H2,1-3H3/b30-20+. The molecule has 0 radical (unpaired) electrons. The van der Waals surface area contributed by atoms with Gasteiger partial charge in [0.2, 0.25) is 0 Å². The minimum Gasteiger partial charge on any atom is -0.402 e. The number of benzene rings is 2. The number of aryl methyl sites for hydroxylation is 2. The number of nitrogens with one attached hydrogen (secondary N) is 1. The Morgan fingerprint density at radius 2 is 1.85 bits per heavy atom. The van der Waals surface area contributed by atoms with Crippen LogP contribution in [-0.4, -0.2) is 18.0 Å². The van der Waals surface area contributed by atoms with Gasteiger partial charge in [-0.1, -0.05) is 63.9 Å². The van der Waals surface area contributed by atoms with E-state index in [1.54, 1.807) is 0 Å². The number of hydrogen-bond acceptors (Lipinski definition) is 3. The highest BCUT2D eigenvalue weighted by Crippen LogP contribution is 2.33. The van der Waals surface area contributed by atoms with Gasteiger partial charge in [0.15, 0.2) is 0 Å². The molecule has 0 aliphatic heterocycles. The minimum absolute atomic E-state index is 0.632. The van der Waals surface area contributed by atoms with E-state index in [4.69, 9.17) is 5.73 Å². The molecule has 0 amide bonds. The molecule has 180 valence electrons. The van der Waals surface area contributed by atoms with E-state index in [1.165, 1.54) is 29.5 Å². The Morgan fingerprint density at radius 3 is 2.47 bits per heavy atom. The maximum Gasteiger partial charge on any atom is 0.0416 e. The molecule has 0 spiro atoms. The van der Waals surface area contributed by atoms with E-state index in [2.05, 4.69) is 99.3 Å². The van der Waals surface area contributed by atoms with Crippen LogP contribution in [0.1, 0.15) is 61.8 Å². The van der Waals surface area contributed by atoms with Gasteiger partial charge in [0.1, 0.15) is 0 Å². The summed E-state index contributed by atoms with van der Waals surface area (Å²) >= 11 is 0. The van der Waals surface area contributed by atoms with Crippen LogP contribution in [0.25, 0.3) is 11.8 Å². The van der Waals surface area contributed by atoms with E-state index < -0.39 is 0 Å². The van der Waals surface area contributed by atoms with E-state index >= 15 is 0 Å². The van der Waals surface area contributed by atoms with Crippen LogP contribution in [0.3, 0.4) is 0 Å². The fourth-order valence-electron chi connectivity index (χ4n) is 4.30. The molecule has 3 nitrogen and oxygen atoms in total. The first kappa shape index (κ1) is 25.4. The van der Waals surface area contributed by atoms with Crippen LogP contribution < -0.4 is 11.1 Å². The van der Waals surface area contributed by atoms with Gasteiger partial charge in [0.05, 0.1) is 0 Å². The predicted molar refractivity (Wildman–Crippen MR) is 149 cm³/mol. The fourth-order valence-corrected chi connectivity index (χ4v) is 4.30. The zero-order chi connectivity index (χ0) is 24.7. The Morgan fingerprint density at radius 1 is 1.12 bits per heavy atom. The van der Waals surface area contributed by atoms with Crippen LogP contribution in [0, 0.1) is 12.8 Å². The second-order valence-corrected chi connectivity index (χ2v) is 9.53. The highest BCUT2D eigenvalue weighted by Gasteiger charge is 2.25. The van der Waals surface area contributed by atoms with Gasteiger partial charge in [0, 0.05) is 42.3 Å². The second kappa shape index (κ2) is 11.8. The molecule has 3 heteroatoms. The van der Waals surface area contributed by atoms with Crippen molar-refractivity contribution in [3.63, 3.8) is 0 Å². The van der Waals surface area contributed by atoms with Crippen molar-refractivity contribution in [1.82, 2.24) is 4.90 Å². The summed E-state index contributed by atoms with van der Waals surface area (Å²) in [4.78, 5) is 2.44. The summed E-state index contributed by atoms with van der Waals surface area (Å²) in [7, 11) is 0. The van der Waals surface area contributed by atoms with E-state index in [9.17, 15) is 0 Å². The van der Waals surface area contributed by atoms with Crippen molar-refractivity contribution >= 4 is 17.5 Å². The molecule has 2 aromatic carbocycles. The molecule has 3 N–H and O–H groups in total. The number of para-hydroxylation sites is 1. The maximum atomic E-state index is 6.06. The summed E-state index contributed by atoms with van der Waals surface area (Å²) in [6, 6.07) is 14.9. The van der Waals surface area contributed by atoms with Crippen LogP contribution in [0.15, 0.2) is 79.2 Å². The van der Waals surface area contributed by atoms with Gasteiger partial charge in [-0.3, -0.25) is 0 Å². The lowest BCUT2D eigenvalue weighted by Gasteiger charge is -2.28. The number of rotatable bonds is 13. The molecule has 3 rings (SSSR count). The third kappa shape index (κ3) is 6.90. The fraction of sp³-hybridized carbons (Fsp3) is 0.355. The van der Waals surface area contributed by atoms with E-state index in [1.807, 2.05) is 0 Å². The molecule has 0 aromatic heterocycles. The van der Waals surface area contributed by atoms with Gasteiger partial charge in [-0.2, -0.15) is 0 Å². The molecule has 0 heterocycles. The summed E-state index contributed by atoms with van der Waals surface area (Å²) in [5, 5.41) is 3.50. The summed E-state index contributed by atoms with van der Waals surface area (Å²) in [5.41, 5.74) is 15.7. The van der Waals surface area contributed by atoms with Crippen molar-refractivity contribution in [3.8, 4) is 0 Å². The molecular formula is C31H41N3. The Kier molecular flexibility index (Phi) is 8.81. The third-order valence-electron chi connectivity index (χ3n) is 6.47. The van der Waals surface area contributed by atoms with E-state index in [-0.39, 0.29) is 0 Å². The molecule has 2 aromatic rings. The number of nitrogens with two attached hydrogens (primary N) is 1. The van der Waals surface area contributed by atoms with Crippen molar-refractivity contribution in [2.24, 2.45) is 11.7 Å². The summed E-state index contributed by atoms with van der Waals surface area (Å²) in [5.74, 6) is 0.808. The Balaban J connectivity index is 1.83. The van der Waals surface area contributed by atoms with Gasteiger partial charge in [0.25, 0.3) is 0 Å². The molecule has 0 saturated heterocycles. The summed E-state index contributed by atoms with van der Waals surface area (Å²) < 4.78 is 0. The Labute approximate surface area is 206 Å². The van der Waals surface area contributed by atoms with Crippen molar-refractivity contribution in [2.75, 3.05) is 18.4 Å². The lowest BCUT2D eigenvalue weighted by molar-refractivity contribution is 0.336. The normalized spacial score (nSPS) is 13.4. The van der Waals surface area contributed by atoms with E-state index in [0.717, 1.165) is 60.1 Å². The van der Waals surface area contributed by atoms with Crippen LogP contribution in [0.2, 0.25) is 0 Å². The van der Waals surface area contributed by atoms with E-state index in [0.29, 0.717) is 12.1 Å². The largest absolute Gasteiger partial charge is 0.402 e. The number of hydrogen-bond donors (Lipinski definition) is 2. The van der Waals surface area contributed by atoms with Crippen LogP contribution >= 0.6 is 0 Å². The van der Waals surface area contributed by atoms with Crippen molar-refractivity contribution in [1.29, 1.82) is 0 Å². The first-order chi connectivity index (χ1) is 16.3. The first-order valence-electron chi connectivity index (χ1n) is 12.5. The Hall–Kier alpha value is -3.20. The summed E-state index contributed by atoms with van der Waals surface area (Å²) in [6.45, 7) is 21.4. The van der Waals surface area contributed by atoms with Gasteiger partial charge in [-0.15, -0.1) is 0 Å². The molecule has 1 aliphatic rings. The lowest BCUT2D eigenvalue weighted by Crippen LogP contribution is -2.27. The predicted octanol–water partition coefficient (Wildman–Crippen LogP) is 7.52. The smallest absolute Gasteiger partial charge is 0.0416 e. The number of anilines is 1. The van der Waals surface area contributed by atoms with Gasteiger partial charge < -0.3 is 16.0 Å². The third-order valence-corrected chi connectivity index (χ3v) is 6.47. The number of allylic oxidation sites excluding steroid dienone is 2. The van der Waals surface area contributed by atoms with Crippen LogP contribution in [0.4, 0.5) is 5.69 Å². The van der Waals surface area contributed by atoms with Gasteiger partial charge in [-0.05, 0) is 84.6 Å². The quantitative estimate of drug-likeness (QED) is 0.307. The highest BCUT2D eigenvalue weighted by atomic mass is 15.1. The summed E-state index contributed by atoms with van der Waals surface area (Å²) in [6.07, 6.45) is 7.61. The van der Waals surface area contributed by atoms with Crippen molar-refractivity contribution < 1.29 is 0 Å². The van der Waals surface area contributed by atoms with Crippen molar-refractivity contribution in [2.45, 2.75) is 52.9 Å². The lowest BCUT2D eigenvalue weighted by atomic mass is 9.98. The van der Waals surface area contributed by atoms with Gasteiger partial charge in [-0.25, -0.2) is 0 Å². The molecule has 34 heavy (non-hydrogen) atoms. The van der Waals surface area contributed by atoms with Crippen LogP contribution in [0.5, 0.6) is 0 Å². The molecule has 1 fully saturated rings. The molecular weight excluding hydrogens is 414 g/mol. The van der Waals surface area contributed by atoms with Gasteiger partial charge >= 0.3 is 0 Å². The molecule has 0 bridgehead atoms. The average molecular weight is 456 g/mol. The first-order valence-corrected chi connectivity index (χ1v) is 12.5. The molecule has 0 unspecified atom stereocenters. The topological polar surface area (TPSA) is 41.3 Å². The van der Waals surface area contributed by atoms with Crippen LogP contribution in [-0.2, 0) is 6.42 Å². The monoisotopic (exact) mass is 455 g/mol. The average Bonchev–Trinajstić information content (AvgIpc) is 3.63. The highest BCUT2D eigenvalue weighted by molar-refractivity contribution is 5.78. The maximum absolute atomic E-state index is 6.06. The molecule has 1 saturated carbocycles. The zero-order valence-electron chi connectivity index (χ0n) is 21.3. The molecule has 1 aliphatic carbocycles. The zero-order valence-corrected chi connectivity index (χ0v) is 21.3. The second-order valence-electron chi connectivity index (χ2n) is 9.53. The minimum atomic E-state index is 0.632. The molecule has 0 atom stereocenters. The Bertz CT molecular complexity index is 1070.